The molecule has 3 rings (SSSR count). The highest BCUT2D eigenvalue weighted by Crippen LogP contribution is 2.29. The van der Waals surface area contributed by atoms with Gasteiger partial charge < -0.3 is 5.32 Å². The first kappa shape index (κ1) is 15.8. The summed E-state index contributed by atoms with van der Waals surface area (Å²) in [4.78, 5) is 0. The third-order valence-corrected chi connectivity index (χ3v) is 3.81. The van der Waals surface area contributed by atoms with Crippen LogP contribution in [0.2, 0.25) is 0 Å². The van der Waals surface area contributed by atoms with E-state index in [0.29, 0.717) is 11.6 Å². The van der Waals surface area contributed by atoms with E-state index in [0.717, 1.165) is 11.8 Å². The third-order valence-electron chi connectivity index (χ3n) is 3.81. The summed E-state index contributed by atoms with van der Waals surface area (Å²) >= 11 is 0. The van der Waals surface area contributed by atoms with Gasteiger partial charge in [0.05, 0.1) is 17.9 Å². The van der Waals surface area contributed by atoms with Crippen LogP contribution in [-0.4, -0.2) is 9.78 Å². The maximum atomic E-state index is 13.5. The molecule has 0 saturated heterocycles. The number of rotatable bonds is 4. The van der Waals surface area contributed by atoms with Gasteiger partial charge in [-0.1, -0.05) is 25.0 Å². The van der Waals surface area contributed by atoms with Crippen molar-refractivity contribution < 1.29 is 8.78 Å². The van der Waals surface area contributed by atoms with E-state index in [1.807, 2.05) is 10.9 Å². The molecular weight excluding hydrogens is 296 g/mol. The van der Waals surface area contributed by atoms with Gasteiger partial charge in [-0.15, -0.1) is 12.4 Å². The van der Waals surface area contributed by atoms with Gasteiger partial charge in [0, 0.05) is 18.3 Å². The number of anilines is 1. The molecule has 1 heterocycles. The van der Waals surface area contributed by atoms with Gasteiger partial charge in [0.1, 0.15) is 0 Å². The van der Waals surface area contributed by atoms with Crippen LogP contribution in [0.25, 0.3) is 0 Å². The molecule has 0 spiro atoms. The molecule has 1 N–H and O–H groups in total. The molecule has 0 amide bonds. The topological polar surface area (TPSA) is 29.9 Å². The highest BCUT2D eigenvalue weighted by atomic mass is 35.5. The first-order valence-electron chi connectivity index (χ1n) is 6.95. The molecule has 0 atom stereocenters. The van der Waals surface area contributed by atoms with Crippen LogP contribution in [-0.2, 0) is 6.54 Å². The lowest BCUT2D eigenvalue weighted by Crippen LogP contribution is -2.05. The Bertz CT molecular complexity index is 594. The minimum atomic E-state index is -0.814. The van der Waals surface area contributed by atoms with Crippen molar-refractivity contribution in [1.29, 1.82) is 0 Å². The van der Waals surface area contributed by atoms with Crippen molar-refractivity contribution >= 4 is 18.1 Å². The molecule has 114 valence electrons. The molecule has 0 unspecified atom stereocenters. The molecule has 0 aliphatic heterocycles. The zero-order valence-electron chi connectivity index (χ0n) is 11.6. The molecule has 3 nitrogen and oxygen atoms in total. The second-order valence-electron chi connectivity index (χ2n) is 5.21. The molecule has 1 aromatic carbocycles. The van der Waals surface area contributed by atoms with Crippen molar-refractivity contribution in [3.05, 3.63) is 47.8 Å². The molecule has 0 bridgehead atoms. The molecule has 1 aliphatic carbocycles. The molecule has 1 saturated carbocycles. The van der Waals surface area contributed by atoms with E-state index in [1.165, 1.54) is 31.7 Å². The van der Waals surface area contributed by atoms with Crippen LogP contribution in [0.5, 0.6) is 0 Å². The predicted molar refractivity (Wildman–Crippen MR) is 80.7 cm³/mol. The van der Waals surface area contributed by atoms with Crippen molar-refractivity contribution in [2.24, 2.45) is 0 Å². The van der Waals surface area contributed by atoms with Crippen LogP contribution in [0, 0.1) is 11.6 Å². The number of aromatic nitrogens is 2. The van der Waals surface area contributed by atoms with Crippen LogP contribution in [0.3, 0.4) is 0 Å². The Balaban J connectivity index is 0.00000161. The molecule has 6 heteroatoms. The van der Waals surface area contributed by atoms with Crippen molar-refractivity contribution in [2.45, 2.75) is 38.3 Å². The first-order chi connectivity index (χ1) is 9.74. The number of halogens is 3. The van der Waals surface area contributed by atoms with Crippen LogP contribution in [0.4, 0.5) is 14.5 Å². The van der Waals surface area contributed by atoms with Gasteiger partial charge in [-0.25, -0.2) is 8.78 Å². The summed E-state index contributed by atoms with van der Waals surface area (Å²) in [6, 6.07) is 4.69. The van der Waals surface area contributed by atoms with Gasteiger partial charge in [-0.3, -0.25) is 4.68 Å². The molecule has 1 aliphatic rings. The van der Waals surface area contributed by atoms with Gasteiger partial charge in [0.15, 0.2) is 11.6 Å². The zero-order valence-corrected chi connectivity index (χ0v) is 12.4. The summed E-state index contributed by atoms with van der Waals surface area (Å²) in [5.41, 5.74) is 1.15. The zero-order chi connectivity index (χ0) is 13.9. The monoisotopic (exact) mass is 313 g/mol. The molecular formula is C15H18ClF2N3. The fourth-order valence-electron chi connectivity index (χ4n) is 2.68. The third kappa shape index (κ3) is 3.53. The summed E-state index contributed by atoms with van der Waals surface area (Å²) in [5.74, 6) is -1.60. The summed E-state index contributed by atoms with van der Waals surface area (Å²) < 4.78 is 28.6. The van der Waals surface area contributed by atoms with Crippen molar-refractivity contribution in [3.8, 4) is 0 Å². The van der Waals surface area contributed by atoms with Crippen LogP contribution >= 0.6 is 12.4 Å². The standard InChI is InChI=1S/C15H17F2N3.ClH/c16-14-7-3-4-11(15(14)17)8-18-12-9-19-20(10-12)13-5-1-2-6-13;/h3-4,7,9-10,13,18H,1-2,5-6,8H2;1H. The number of nitrogens with zero attached hydrogens (tertiary/aromatic N) is 2. The van der Waals surface area contributed by atoms with E-state index in [1.54, 1.807) is 12.3 Å². The quantitative estimate of drug-likeness (QED) is 0.911. The molecule has 1 aromatic heterocycles. The number of hydrogen-bond donors (Lipinski definition) is 1. The predicted octanol–water partition coefficient (Wildman–Crippen LogP) is 4.31. The van der Waals surface area contributed by atoms with E-state index in [2.05, 4.69) is 10.4 Å². The first-order valence-corrected chi connectivity index (χ1v) is 6.95. The van der Waals surface area contributed by atoms with Gasteiger partial charge >= 0.3 is 0 Å². The van der Waals surface area contributed by atoms with E-state index < -0.39 is 11.6 Å². The van der Waals surface area contributed by atoms with Gasteiger partial charge in [-0.05, 0) is 18.9 Å². The fraction of sp³-hybridized carbons (Fsp3) is 0.400. The molecule has 0 radical (unpaired) electrons. The maximum Gasteiger partial charge on any atom is 0.163 e. The summed E-state index contributed by atoms with van der Waals surface area (Å²) in [5, 5.41) is 7.42. The van der Waals surface area contributed by atoms with Crippen molar-refractivity contribution in [3.63, 3.8) is 0 Å². The minimum absolute atomic E-state index is 0. The highest BCUT2D eigenvalue weighted by Gasteiger charge is 2.17. The van der Waals surface area contributed by atoms with E-state index in [4.69, 9.17) is 0 Å². The van der Waals surface area contributed by atoms with E-state index in [9.17, 15) is 8.78 Å². The Morgan fingerprint density at radius 1 is 1.24 bits per heavy atom. The highest BCUT2D eigenvalue weighted by molar-refractivity contribution is 5.85. The van der Waals surface area contributed by atoms with Crippen molar-refractivity contribution in [1.82, 2.24) is 9.78 Å². The normalized spacial score (nSPS) is 15.0. The second-order valence-corrected chi connectivity index (χ2v) is 5.21. The van der Waals surface area contributed by atoms with Crippen LogP contribution in [0.15, 0.2) is 30.6 Å². The average Bonchev–Trinajstić information content (AvgIpc) is 3.10. The van der Waals surface area contributed by atoms with Gasteiger partial charge in [0.25, 0.3) is 0 Å². The molecule has 21 heavy (non-hydrogen) atoms. The largest absolute Gasteiger partial charge is 0.378 e. The minimum Gasteiger partial charge on any atom is -0.378 e. The Morgan fingerprint density at radius 3 is 2.76 bits per heavy atom. The lowest BCUT2D eigenvalue weighted by molar-refractivity contribution is 0.467. The Hall–Kier alpha value is -1.62. The Kier molecular flexibility index (Phi) is 5.17. The second kappa shape index (κ2) is 6.89. The Morgan fingerprint density at radius 2 is 2.00 bits per heavy atom. The van der Waals surface area contributed by atoms with Crippen LogP contribution in [0.1, 0.15) is 37.3 Å². The van der Waals surface area contributed by atoms with Gasteiger partial charge in [0.2, 0.25) is 0 Å². The number of hydrogen-bond acceptors (Lipinski definition) is 2. The van der Waals surface area contributed by atoms with Gasteiger partial charge in [-0.2, -0.15) is 5.10 Å². The number of benzene rings is 1. The SMILES string of the molecule is Cl.Fc1cccc(CNc2cnn(C3CCCC3)c2)c1F. The molecule has 1 fully saturated rings. The van der Waals surface area contributed by atoms with E-state index >= 15 is 0 Å². The summed E-state index contributed by atoms with van der Waals surface area (Å²) in [6.45, 7) is 0.250. The smallest absolute Gasteiger partial charge is 0.163 e. The maximum absolute atomic E-state index is 13.5. The fourth-order valence-corrected chi connectivity index (χ4v) is 2.68. The Labute approximate surface area is 128 Å². The summed E-state index contributed by atoms with van der Waals surface area (Å²) in [7, 11) is 0. The lowest BCUT2D eigenvalue weighted by atomic mass is 10.2. The van der Waals surface area contributed by atoms with Crippen molar-refractivity contribution in [2.75, 3.05) is 5.32 Å². The average molecular weight is 314 g/mol. The van der Waals surface area contributed by atoms with E-state index in [-0.39, 0.29) is 19.0 Å². The lowest BCUT2D eigenvalue weighted by Gasteiger charge is -2.09. The number of nitrogens with one attached hydrogen (secondary N) is 1. The van der Waals surface area contributed by atoms with Crippen LogP contribution < -0.4 is 5.32 Å². The summed E-state index contributed by atoms with van der Waals surface area (Å²) in [6.07, 6.45) is 8.51. The molecule has 2 aromatic rings.